The molecule has 2 nitrogen and oxygen atoms in total. The minimum absolute atomic E-state index is 0.616. The van der Waals surface area contributed by atoms with Crippen LogP contribution in [0.4, 0.5) is 0 Å². The van der Waals surface area contributed by atoms with E-state index < -0.39 is 0 Å². The first-order valence-corrected chi connectivity index (χ1v) is 3.36. The Kier molecular flexibility index (Phi) is 2.40. The zero-order valence-corrected chi connectivity index (χ0v) is 6.28. The lowest BCUT2D eigenvalue weighted by Crippen LogP contribution is -1.83. The first kappa shape index (κ1) is 7.49. The first-order valence-electron chi connectivity index (χ1n) is 3.36. The SMILES string of the molecule is CC=C(C#N)c1ccccn1. The van der Waals surface area contributed by atoms with Crippen LogP contribution < -0.4 is 0 Å². The molecule has 1 rings (SSSR count). The molecule has 0 radical (unpaired) electrons. The smallest absolute Gasteiger partial charge is 0.101 e. The van der Waals surface area contributed by atoms with E-state index in [2.05, 4.69) is 11.1 Å². The lowest BCUT2D eigenvalue weighted by Gasteiger charge is -1.93. The van der Waals surface area contributed by atoms with Crippen LogP contribution in [-0.4, -0.2) is 4.98 Å². The highest BCUT2D eigenvalue weighted by Gasteiger charge is 1.96. The van der Waals surface area contributed by atoms with E-state index in [4.69, 9.17) is 5.26 Å². The van der Waals surface area contributed by atoms with Crippen LogP contribution in [-0.2, 0) is 0 Å². The molecule has 2 heteroatoms. The first-order chi connectivity index (χ1) is 5.38. The molecule has 0 saturated heterocycles. The van der Waals surface area contributed by atoms with Crippen LogP contribution in [0.15, 0.2) is 30.5 Å². The average Bonchev–Trinajstić information content (AvgIpc) is 2.09. The van der Waals surface area contributed by atoms with E-state index in [-0.39, 0.29) is 0 Å². The highest BCUT2D eigenvalue weighted by Crippen LogP contribution is 2.07. The minimum Gasteiger partial charge on any atom is -0.256 e. The fourth-order valence-electron chi connectivity index (χ4n) is 0.792. The third kappa shape index (κ3) is 1.65. The molecule has 54 valence electrons. The maximum atomic E-state index is 8.62. The van der Waals surface area contributed by atoms with Crippen molar-refractivity contribution in [2.75, 3.05) is 0 Å². The Morgan fingerprint density at radius 1 is 1.64 bits per heavy atom. The summed E-state index contributed by atoms with van der Waals surface area (Å²) in [6.07, 6.45) is 3.43. The highest BCUT2D eigenvalue weighted by molar-refractivity contribution is 5.73. The fraction of sp³-hybridized carbons (Fsp3) is 0.111. The number of pyridine rings is 1. The van der Waals surface area contributed by atoms with Gasteiger partial charge in [0.15, 0.2) is 0 Å². The maximum Gasteiger partial charge on any atom is 0.101 e. The Morgan fingerprint density at radius 3 is 2.91 bits per heavy atom. The van der Waals surface area contributed by atoms with Crippen molar-refractivity contribution in [1.82, 2.24) is 4.98 Å². The van der Waals surface area contributed by atoms with Crippen molar-refractivity contribution in [3.05, 3.63) is 36.2 Å². The van der Waals surface area contributed by atoms with Crippen molar-refractivity contribution in [1.29, 1.82) is 5.26 Å². The average molecular weight is 144 g/mol. The fourth-order valence-corrected chi connectivity index (χ4v) is 0.792. The van der Waals surface area contributed by atoms with Crippen LogP contribution >= 0.6 is 0 Å². The molecule has 0 aliphatic carbocycles. The van der Waals surface area contributed by atoms with Crippen molar-refractivity contribution in [3.63, 3.8) is 0 Å². The lowest BCUT2D eigenvalue weighted by molar-refractivity contribution is 1.28. The van der Waals surface area contributed by atoms with Gasteiger partial charge in [-0.1, -0.05) is 12.1 Å². The molecule has 1 heterocycles. The van der Waals surface area contributed by atoms with E-state index in [1.165, 1.54) is 0 Å². The molecule has 0 atom stereocenters. The van der Waals surface area contributed by atoms with Gasteiger partial charge in [-0.2, -0.15) is 5.26 Å². The molecule has 0 N–H and O–H groups in total. The summed E-state index contributed by atoms with van der Waals surface area (Å²) in [4.78, 5) is 4.03. The molecule has 1 aromatic rings. The van der Waals surface area contributed by atoms with Gasteiger partial charge in [0, 0.05) is 6.20 Å². The Balaban J connectivity index is 3.05. The molecule has 0 unspecified atom stereocenters. The van der Waals surface area contributed by atoms with E-state index in [0.717, 1.165) is 5.69 Å². The summed E-state index contributed by atoms with van der Waals surface area (Å²) >= 11 is 0. The third-order valence-corrected chi connectivity index (χ3v) is 1.35. The van der Waals surface area contributed by atoms with Crippen molar-refractivity contribution < 1.29 is 0 Å². The zero-order valence-electron chi connectivity index (χ0n) is 6.28. The second-order valence-electron chi connectivity index (χ2n) is 2.03. The summed E-state index contributed by atoms with van der Waals surface area (Å²) in [7, 11) is 0. The van der Waals surface area contributed by atoms with Crippen molar-refractivity contribution in [3.8, 4) is 6.07 Å². The maximum absolute atomic E-state index is 8.62. The highest BCUT2D eigenvalue weighted by atomic mass is 14.7. The summed E-state index contributed by atoms with van der Waals surface area (Å²) in [5.41, 5.74) is 1.35. The van der Waals surface area contributed by atoms with Gasteiger partial charge in [0.05, 0.1) is 11.3 Å². The Morgan fingerprint density at radius 2 is 2.45 bits per heavy atom. The van der Waals surface area contributed by atoms with Gasteiger partial charge in [0.1, 0.15) is 6.07 Å². The molecule has 0 aliphatic rings. The Labute approximate surface area is 65.8 Å². The van der Waals surface area contributed by atoms with Gasteiger partial charge < -0.3 is 0 Å². The molecule has 0 bridgehead atoms. The van der Waals surface area contributed by atoms with Gasteiger partial charge in [0.2, 0.25) is 0 Å². The van der Waals surface area contributed by atoms with E-state index in [1.807, 2.05) is 25.1 Å². The number of rotatable bonds is 1. The van der Waals surface area contributed by atoms with Crippen LogP contribution in [0.5, 0.6) is 0 Å². The molecular weight excluding hydrogens is 136 g/mol. The summed E-state index contributed by atoms with van der Waals surface area (Å²) in [6.45, 7) is 1.83. The predicted molar refractivity (Wildman–Crippen MR) is 43.5 cm³/mol. The Hall–Kier alpha value is -1.62. The topological polar surface area (TPSA) is 36.7 Å². The van der Waals surface area contributed by atoms with Crippen LogP contribution in [0.3, 0.4) is 0 Å². The number of nitriles is 1. The predicted octanol–water partition coefficient (Wildman–Crippen LogP) is 2.01. The second kappa shape index (κ2) is 3.52. The van der Waals surface area contributed by atoms with E-state index in [0.29, 0.717) is 5.57 Å². The normalized spacial score (nSPS) is 10.7. The molecule has 0 aliphatic heterocycles. The number of nitrogens with zero attached hydrogens (tertiary/aromatic N) is 2. The summed E-state index contributed by atoms with van der Waals surface area (Å²) in [6, 6.07) is 7.58. The van der Waals surface area contributed by atoms with E-state index >= 15 is 0 Å². The van der Waals surface area contributed by atoms with Crippen molar-refractivity contribution in [2.24, 2.45) is 0 Å². The van der Waals surface area contributed by atoms with Gasteiger partial charge in [-0.3, -0.25) is 4.98 Å². The van der Waals surface area contributed by atoms with Crippen molar-refractivity contribution in [2.45, 2.75) is 6.92 Å². The lowest BCUT2D eigenvalue weighted by atomic mass is 10.2. The molecule has 0 aromatic carbocycles. The number of aromatic nitrogens is 1. The number of hydrogen-bond acceptors (Lipinski definition) is 2. The molecule has 11 heavy (non-hydrogen) atoms. The standard InChI is InChI=1S/C9H8N2/c1-2-8(7-10)9-5-3-4-6-11-9/h2-6H,1H3. The minimum atomic E-state index is 0.616. The van der Waals surface area contributed by atoms with Gasteiger partial charge in [-0.15, -0.1) is 0 Å². The summed E-state index contributed by atoms with van der Waals surface area (Å²) in [5.74, 6) is 0. The molecule has 0 spiro atoms. The summed E-state index contributed by atoms with van der Waals surface area (Å²) in [5, 5.41) is 8.62. The Bertz CT molecular complexity index is 293. The van der Waals surface area contributed by atoms with E-state index in [1.54, 1.807) is 12.3 Å². The van der Waals surface area contributed by atoms with Crippen LogP contribution in [0.2, 0.25) is 0 Å². The molecular formula is C9H8N2. The van der Waals surface area contributed by atoms with Gasteiger partial charge in [0.25, 0.3) is 0 Å². The molecule has 0 saturated carbocycles. The van der Waals surface area contributed by atoms with Gasteiger partial charge >= 0.3 is 0 Å². The van der Waals surface area contributed by atoms with Crippen LogP contribution in [0, 0.1) is 11.3 Å². The third-order valence-electron chi connectivity index (χ3n) is 1.35. The summed E-state index contributed by atoms with van der Waals surface area (Å²) < 4.78 is 0. The zero-order chi connectivity index (χ0) is 8.10. The van der Waals surface area contributed by atoms with Gasteiger partial charge in [-0.25, -0.2) is 0 Å². The number of allylic oxidation sites excluding steroid dienone is 2. The van der Waals surface area contributed by atoms with Crippen LogP contribution in [0.1, 0.15) is 12.6 Å². The van der Waals surface area contributed by atoms with E-state index in [9.17, 15) is 0 Å². The molecule has 1 aromatic heterocycles. The molecule has 0 fully saturated rings. The van der Waals surface area contributed by atoms with Gasteiger partial charge in [-0.05, 0) is 19.1 Å². The largest absolute Gasteiger partial charge is 0.256 e. The molecule has 0 amide bonds. The van der Waals surface area contributed by atoms with Crippen LogP contribution in [0.25, 0.3) is 5.57 Å². The second-order valence-corrected chi connectivity index (χ2v) is 2.03. The monoisotopic (exact) mass is 144 g/mol. The van der Waals surface area contributed by atoms with Crippen molar-refractivity contribution >= 4 is 5.57 Å². The number of hydrogen-bond donors (Lipinski definition) is 0. The quantitative estimate of drug-likeness (QED) is 0.565.